The number of carbonyl (C=O) groups excluding carboxylic acids is 1. The van der Waals surface area contributed by atoms with E-state index in [-0.39, 0.29) is 17.5 Å². The van der Waals surface area contributed by atoms with Crippen LogP contribution >= 0.6 is 0 Å². The standard InChI is InChI=1S/C20H24N4O3/c1-12-13(2)23-24(19(26)15(12)10-21)11-18(25)22-16-9-14(20(3,4)5)7-8-17(16)27-6/h7-9H,11H2,1-6H3,(H,22,25). The molecule has 0 aliphatic rings. The lowest BCUT2D eigenvalue weighted by molar-refractivity contribution is -0.117. The largest absolute Gasteiger partial charge is 0.495 e. The number of nitrogens with zero attached hydrogens (tertiary/aromatic N) is 3. The molecule has 1 amide bonds. The number of hydrogen-bond acceptors (Lipinski definition) is 5. The van der Waals surface area contributed by atoms with E-state index in [1.807, 2.05) is 18.2 Å². The molecule has 142 valence electrons. The van der Waals surface area contributed by atoms with Gasteiger partial charge in [0.2, 0.25) is 5.91 Å². The molecule has 0 bridgehead atoms. The molecule has 1 aromatic heterocycles. The van der Waals surface area contributed by atoms with Crippen molar-refractivity contribution in [3.63, 3.8) is 0 Å². The summed E-state index contributed by atoms with van der Waals surface area (Å²) in [7, 11) is 1.52. The van der Waals surface area contributed by atoms with E-state index in [9.17, 15) is 14.9 Å². The second-order valence-corrected chi connectivity index (χ2v) is 7.37. The van der Waals surface area contributed by atoms with Crippen molar-refractivity contribution in [2.75, 3.05) is 12.4 Å². The minimum Gasteiger partial charge on any atom is -0.495 e. The van der Waals surface area contributed by atoms with Crippen LogP contribution in [0.4, 0.5) is 5.69 Å². The SMILES string of the molecule is COc1ccc(C(C)(C)C)cc1NC(=O)Cn1nc(C)c(C)c(C#N)c1=O. The minimum atomic E-state index is -0.578. The molecule has 0 aliphatic heterocycles. The van der Waals surface area contributed by atoms with Crippen LogP contribution in [0.3, 0.4) is 0 Å². The van der Waals surface area contributed by atoms with Crippen molar-refractivity contribution in [1.29, 1.82) is 5.26 Å². The molecule has 7 heteroatoms. The quantitative estimate of drug-likeness (QED) is 0.895. The highest BCUT2D eigenvalue weighted by molar-refractivity contribution is 5.92. The first-order valence-corrected chi connectivity index (χ1v) is 8.55. The van der Waals surface area contributed by atoms with Gasteiger partial charge in [-0.05, 0) is 42.5 Å². The average molecular weight is 368 g/mol. The maximum absolute atomic E-state index is 12.5. The van der Waals surface area contributed by atoms with Crippen molar-refractivity contribution >= 4 is 11.6 Å². The van der Waals surface area contributed by atoms with Gasteiger partial charge in [-0.25, -0.2) is 4.68 Å². The monoisotopic (exact) mass is 368 g/mol. The van der Waals surface area contributed by atoms with Crippen molar-refractivity contribution in [3.8, 4) is 11.8 Å². The van der Waals surface area contributed by atoms with Crippen LogP contribution in [0.1, 0.15) is 43.2 Å². The van der Waals surface area contributed by atoms with Crippen LogP contribution in [-0.2, 0) is 16.8 Å². The highest BCUT2D eigenvalue weighted by Gasteiger charge is 2.18. The first-order valence-electron chi connectivity index (χ1n) is 8.55. The van der Waals surface area contributed by atoms with E-state index in [1.54, 1.807) is 19.9 Å². The number of ether oxygens (including phenoxy) is 1. The van der Waals surface area contributed by atoms with Gasteiger partial charge in [0.25, 0.3) is 5.56 Å². The van der Waals surface area contributed by atoms with Crippen LogP contribution in [0.25, 0.3) is 0 Å². The maximum atomic E-state index is 12.5. The summed E-state index contributed by atoms with van der Waals surface area (Å²) >= 11 is 0. The number of aryl methyl sites for hydroxylation is 1. The van der Waals surface area contributed by atoms with Gasteiger partial charge < -0.3 is 10.1 Å². The molecule has 7 nitrogen and oxygen atoms in total. The summed E-state index contributed by atoms with van der Waals surface area (Å²) in [6, 6.07) is 7.48. The molecule has 0 spiro atoms. The molecule has 0 saturated heterocycles. The van der Waals surface area contributed by atoms with Crippen LogP contribution in [0.5, 0.6) is 5.75 Å². The number of aromatic nitrogens is 2. The van der Waals surface area contributed by atoms with Gasteiger partial charge in [-0.1, -0.05) is 26.8 Å². The van der Waals surface area contributed by atoms with Crippen LogP contribution in [0, 0.1) is 25.2 Å². The maximum Gasteiger partial charge on any atom is 0.285 e. The third-order valence-corrected chi connectivity index (χ3v) is 4.38. The molecular weight excluding hydrogens is 344 g/mol. The summed E-state index contributed by atoms with van der Waals surface area (Å²) in [6.45, 7) is 9.28. The fourth-order valence-electron chi connectivity index (χ4n) is 2.61. The van der Waals surface area contributed by atoms with Crippen LogP contribution in [0.2, 0.25) is 0 Å². The summed E-state index contributed by atoms with van der Waals surface area (Å²) < 4.78 is 6.33. The zero-order valence-electron chi connectivity index (χ0n) is 16.5. The molecule has 1 N–H and O–H groups in total. The topological polar surface area (TPSA) is 97.0 Å². The molecule has 0 unspecified atom stereocenters. The van der Waals surface area contributed by atoms with Gasteiger partial charge in [0.1, 0.15) is 23.9 Å². The fraction of sp³-hybridized carbons (Fsp3) is 0.400. The Labute approximate surface area is 158 Å². The molecule has 1 aromatic carbocycles. The predicted octanol–water partition coefficient (Wildman–Crippen LogP) is 2.68. The molecule has 0 radical (unpaired) electrons. The van der Waals surface area contributed by atoms with E-state index >= 15 is 0 Å². The first-order chi connectivity index (χ1) is 12.6. The summed E-state index contributed by atoms with van der Waals surface area (Å²) in [5.41, 5.74) is 1.94. The number of nitrogens with one attached hydrogen (secondary N) is 1. The zero-order valence-corrected chi connectivity index (χ0v) is 16.5. The van der Waals surface area contributed by atoms with Gasteiger partial charge in [0, 0.05) is 0 Å². The van der Waals surface area contributed by atoms with E-state index in [0.717, 1.165) is 10.2 Å². The Morgan fingerprint density at radius 1 is 1.33 bits per heavy atom. The summed E-state index contributed by atoms with van der Waals surface area (Å²) in [5.74, 6) is 0.0931. The molecule has 2 rings (SSSR count). The third kappa shape index (κ3) is 4.34. The van der Waals surface area contributed by atoms with Crippen molar-refractivity contribution in [2.45, 2.75) is 46.6 Å². The Morgan fingerprint density at radius 2 is 2.00 bits per heavy atom. The molecular formula is C20H24N4O3. The lowest BCUT2D eigenvalue weighted by atomic mass is 9.87. The summed E-state index contributed by atoms with van der Waals surface area (Å²) in [4.78, 5) is 24.9. The first kappa shape index (κ1) is 20.2. The molecule has 1 heterocycles. The van der Waals surface area contributed by atoms with Gasteiger partial charge in [-0.2, -0.15) is 10.4 Å². The van der Waals surface area contributed by atoms with Gasteiger partial charge in [-0.3, -0.25) is 9.59 Å². The van der Waals surface area contributed by atoms with E-state index in [0.29, 0.717) is 22.7 Å². The number of carbonyl (C=O) groups is 1. The number of benzene rings is 1. The highest BCUT2D eigenvalue weighted by atomic mass is 16.5. The zero-order chi connectivity index (χ0) is 20.4. The number of anilines is 1. The van der Waals surface area contributed by atoms with Crippen molar-refractivity contribution < 1.29 is 9.53 Å². The Bertz CT molecular complexity index is 978. The van der Waals surface area contributed by atoms with E-state index in [1.165, 1.54) is 7.11 Å². The number of methoxy groups -OCH3 is 1. The smallest absolute Gasteiger partial charge is 0.285 e. The van der Waals surface area contributed by atoms with Crippen molar-refractivity contribution in [2.24, 2.45) is 0 Å². The predicted molar refractivity (Wildman–Crippen MR) is 103 cm³/mol. The highest BCUT2D eigenvalue weighted by Crippen LogP contribution is 2.31. The molecule has 0 saturated carbocycles. The minimum absolute atomic E-state index is 0.00242. The third-order valence-electron chi connectivity index (χ3n) is 4.38. The van der Waals surface area contributed by atoms with Gasteiger partial charge >= 0.3 is 0 Å². The van der Waals surface area contributed by atoms with Crippen molar-refractivity contribution in [1.82, 2.24) is 9.78 Å². The van der Waals surface area contributed by atoms with Crippen LogP contribution in [-0.4, -0.2) is 22.8 Å². The molecule has 27 heavy (non-hydrogen) atoms. The second-order valence-electron chi connectivity index (χ2n) is 7.37. The van der Waals surface area contributed by atoms with Crippen LogP contribution < -0.4 is 15.6 Å². The van der Waals surface area contributed by atoms with Gasteiger partial charge in [0.15, 0.2) is 0 Å². The Morgan fingerprint density at radius 3 is 2.56 bits per heavy atom. The van der Waals surface area contributed by atoms with Gasteiger partial charge in [-0.15, -0.1) is 0 Å². The lowest BCUT2D eigenvalue weighted by Crippen LogP contribution is -2.32. The summed E-state index contributed by atoms with van der Waals surface area (Å²) in [5, 5.41) is 16.1. The Balaban J connectivity index is 2.33. The number of rotatable bonds is 4. The molecule has 2 aromatic rings. The number of hydrogen-bond donors (Lipinski definition) is 1. The number of amides is 1. The average Bonchev–Trinajstić information content (AvgIpc) is 2.59. The number of nitriles is 1. The fourth-order valence-corrected chi connectivity index (χ4v) is 2.61. The Hall–Kier alpha value is -3.14. The molecule has 0 atom stereocenters. The van der Waals surface area contributed by atoms with E-state index < -0.39 is 11.5 Å². The second kappa shape index (κ2) is 7.62. The lowest BCUT2D eigenvalue weighted by Gasteiger charge is -2.21. The van der Waals surface area contributed by atoms with Gasteiger partial charge in [0.05, 0.1) is 18.5 Å². The molecule has 0 fully saturated rings. The summed E-state index contributed by atoms with van der Waals surface area (Å²) in [6.07, 6.45) is 0. The normalized spacial score (nSPS) is 11.0. The molecule has 0 aliphatic carbocycles. The van der Waals surface area contributed by atoms with E-state index in [4.69, 9.17) is 4.74 Å². The van der Waals surface area contributed by atoms with Crippen molar-refractivity contribution in [3.05, 3.63) is 50.9 Å². The van der Waals surface area contributed by atoms with E-state index in [2.05, 4.69) is 31.2 Å². The van der Waals surface area contributed by atoms with Crippen LogP contribution in [0.15, 0.2) is 23.0 Å². The Kier molecular flexibility index (Phi) is 5.69.